The Morgan fingerprint density at radius 3 is 2.45 bits per heavy atom. The Morgan fingerprint density at radius 2 is 2.09 bits per heavy atom. The number of rotatable bonds is 2. The van der Waals surface area contributed by atoms with Gasteiger partial charge < -0.3 is 10.2 Å². The van der Waals surface area contributed by atoms with E-state index in [1.54, 1.807) is 25.6 Å². The zero-order valence-corrected chi connectivity index (χ0v) is 7.90. The van der Waals surface area contributed by atoms with Gasteiger partial charge in [-0.3, -0.25) is 0 Å². The molecule has 0 spiro atoms. The van der Waals surface area contributed by atoms with Crippen LogP contribution in [0.15, 0.2) is 0 Å². The highest BCUT2D eigenvalue weighted by molar-refractivity contribution is 7.99. The van der Waals surface area contributed by atoms with Crippen LogP contribution in [0.2, 0.25) is 0 Å². The number of aliphatic hydroxyl groups excluding tert-OH is 1. The first-order valence-corrected chi connectivity index (χ1v) is 5.13. The minimum absolute atomic E-state index is 0.202. The van der Waals surface area contributed by atoms with Crippen molar-refractivity contribution in [3.8, 4) is 0 Å². The molecular formula is C8H16O2S. The van der Waals surface area contributed by atoms with Gasteiger partial charge in [-0.25, -0.2) is 0 Å². The second kappa shape index (κ2) is 3.33. The molecule has 2 unspecified atom stereocenters. The predicted octanol–water partition coefficient (Wildman–Crippen LogP) is 0.871. The van der Waals surface area contributed by atoms with Crippen molar-refractivity contribution in [1.29, 1.82) is 0 Å². The summed E-state index contributed by atoms with van der Waals surface area (Å²) in [6.07, 6.45) is 0.507. The fraction of sp³-hybridized carbons (Fsp3) is 1.00. The molecule has 0 radical (unpaired) electrons. The molecule has 0 amide bonds. The van der Waals surface area contributed by atoms with Gasteiger partial charge in [0.2, 0.25) is 0 Å². The quantitative estimate of drug-likeness (QED) is 0.656. The third-order valence-electron chi connectivity index (χ3n) is 1.93. The third-order valence-corrected chi connectivity index (χ3v) is 3.17. The molecule has 1 fully saturated rings. The molecule has 1 rings (SSSR count). The van der Waals surface area contributed by atoms with E-state index in [1.807, 2.05) is 0 Å². The first-order valence-electron chi connectivity index (χ1n) is 3.97. The molecule has 0 aromatic heterocycles. The van der Waals surface area contributed by atoms with Crippen LogP contribution in [0.5, 0.6) is 0 Å². The van der Waals surface area contributed by atoms with Crippen LogP contribution in [-0.2, 0) is 0 Å². The van der Waals surface area contributed by atoms with E-state index in [0.717, 1.165) is 11.5 Å². The maximum absolute atomic E-state index is 9.48. The highest BCUT2D eigenvalue weighted by Gasteiger charge is 2.30. The van der Waals surface area contributed by atoms with Crippen molar-refractivity contribution in [3.63, 3.8) is 0 Å². The second-order valence-electron chi connectivity index (χ2n) is 3.88. The molecule has 1 heterocycles. The molecule has 1 saturated heterocycles. The van der Waals surface area contributed by atoms with Gasteiger partial charge in [-0.05, 0) is 31.9 Å². The van der Waals surface area contributed by atoms with Gasteiger partial charge in [-0.2, -0.15) is 11.8 Å². The van der Waals surface area contributed by atoms with Crippen molar-refractivity contribution in [1.82, 2.24) is 0 Å². The highest BCUT2D eigenvalue weighted by atomic mass is 32.2. The predicted molar refractivity (Wildman–Crippen MR) is 47.7 cm³/mol. The molecule has 66 valence electrons. The topological polar surface area (TPSA) is 40.5 Å². The molecule has 3 heteroatoms. The lowest BCUT2D eigenvalue weighted by Gasteiger charge is -2.23. The maximum Gasteiger partial charge on any atom is 0.0667 e. The van der Waals surface area contributed by atoms with E-state index in [-0.39, 0.29) is 6.10 Å². The van der Waals surface area contributed by atoms with E-state index in [2.05, 4.69) is 0 Å². The summed E-state index contributed by atoms with van der Waals surface area (Å²) in [6, 6.07) is 0. The van der Waals surface area contributed by atoms with Crippen LogP contribution in [-0.4, -0.2) is 33.4 Å². The molecule has 2 nitrogen and oxygen atoms in total. The molecule has 0 aromatic carbocycles. The van der Waals surface area contributed by atoms with E-state index in [9.17, 15) is 10.2 Å². The Labute approximate surface area is 72.0 Å². The lowest BCUT2D eigenvalue weighted by atomic mass is 9.92. The molecule has 1 aliphatic heterocycles. The van der Waals surface area contributed by atoms with Gasteiger partial charge in [0.25, 0.3) is 0 Å². The first-order chi connectivity index (χ1) is 4.99. The lowest BCUT2D eigenvalue weighted by Crippen LogP contribution is -2.29. The fourth-order valence-corrected chi connectivity index (χ4v) is 2.72. The van der Waals surface area contributed by atoms with Gasteiger partial charge in [-0.1, -0.05) is 0 Å². The van der Waals surface area contributed by atoms with Crippen LogP contribution in [0.3, 0.4) is 0 Å². The minimum Gasteiger partial charge on any atom is -0.392 e. The summed E-state index contributed by atoms with van der Waals surface area (Å²) >= 11 is 1.77. The van der Waals surface area contributed by atoms with Gasteiger partial charge in [0, 0.05) is 5.75 Å². The summed E-state index contributed by atoms with van der Waals surface area (Å²) in [5, 5.41) is 18.9. The molecule has 1 aliphatic rings. The summed E-state index contributed by atoms with van der Waals surface area (Å²) in [4.78, 5) is 0. The summed E-state index contributed by atoms with van der Waals surface area (Å²) < 4.78 is 0. The molecule has 0 saturated carbocycles. The maximum atomic E-state index is 9.48. The largest absolute Gasteiger partial charge is 0.392 e. The van der Waals surface area contributed by atoms with Gasteiger partial charge in [0.15, 0.2) is 0 Å². The monoisotopic (exact) mass is 176 g/mol. The molecular weight excluding hydrogens is 160 g/mol. The Morgan fingerprint density at radius 1 is 1.45 bits per heavy atom. The number of hydrogen-bond acceptors (Lipinski definition) is 3. The standard InChI is InChI=1S/C8H16O2S/c1-8(2,10)3-6-4-11-5-7(6)9/h6-7,9-10H,3-5H2,1-2H3. The van der Waals surface area contributed by atoms with Gasteiger partial charge in [0.1, 0.15) is 0 Å². The van der Waals surface area contributed by atoms with Crippen LogP contribution in [0.25, 0.3) is 0 Å². The summed E-state index contributed by atoms with van der Waals surface area (Å²) in [5.74, 6) is 2.12. The van der Waals surface area contributed by atoms with E-state index >= 15 is 0 Å². The molecule has 2 atom stereocenters. The first kappa shape index (κ1) is 9.36. The van der Waals surface area contributed by atoms with Crippen LogP contribution in [0, 0.1) is 5.92 Å². The van der Waals surface area contributed by atoms with Crippen molar-refractivity contribution < 1.29 is 10.2 Å². The Hall–Kier alpha value is 0.270. The third kappa shape index (κ3) is 3.01. The average Bonchev–Trinajstić information content (AvgIpc) is 2.12. The van der Waals surface area contributed by atoms with E-state index in [0.29, 0.717) is 12.3 Å². The number of thioether (sulfide) groups is 1. The smallest absolute Gasteiger partial charge is 0.0667 e. The van der Waals surface area contributed by atoms with E-state index in [4.69, 9.17) is 0 Å². The zero-order valence-electron chi connectivity index (χ0n) is 7.08. The highest BCUT2D eigenvalue weighted by Crippen LogP contribution is 2.30. The Kier molecular flexibility index (Phi) is 2.84. The van der Waals surface area contributed by atoms with Crippen LogP contribution < -0.4 is 0 Å². The molecule has 2 N–H and O–H groups in total. The fourth-order valence-electron chi connectivity index (χ4n) is 1.42. The zero-order chi connectivity index (χ0) is 8.48. The average molecular weight is 176 g/mol. The van der Waals surface area contributed by atoms with E-state index < -0.39 is 5.60 Å². The molecule has 0 aliphatic carbocycles. The Balaban J connectivity index is 2.37. The van der Waals surface area contributed by atoms with Crippen molar-refractivity contribution in [2.75, 3.05) is 11.5 Å². The SMILES string of the molecule is CC(C)(O)CC1CSCC1O. The van der Waals surface area contributed by atoms with Crippen molar-refractivity contribution in [2.45, 2.75) is 32.0 Å². The van der Waals surface area contributed by atoms with Gasteiger partial charge >= 0.3 is 0 Å². The van der Waals surface area contributed by atoms with E-state index in [1.165, 1.54) is 0 Å². The summed E-state index contributed by atoms with van der Waals surface area (Å²) in [5.41, 5.74) is -0.628. The minimum atomic E-state index is -0.628. The van der Waals surface area contributed by atoms with Crippen LogP contribution >= 0.6 is 11.8 Å². The lowest BCUT2D eigenvalue weighted by molar-refractivity contribution is 0.0298. The summed E-state index contributed by atoms with van der Waals surface area (Å²) in [6.45, 7) is 3.59. The van der Waals surface area contributed by atoms with Crippen molar-refractivity contribution in [3.05, 3.63) is 0 Å². The van der Waals surface area contributed by atoms with Crippen LogP contribution in [0.1, 0.15) is 20.3 Å². The number of aliphatic hydroxyl groups is 2. The second-order valence-corrected chi connectivity index (χ2v) is 4.96. The van der Waals surface area contributed by atoms with Gasteiger partial charge in [-0.15, -0.1) is 0 Å². The molecule has 11 heavy (non-hydrogen) atoms. The Bertz CT molecular complexity index is 131. The molecule has 0 bridgehead atoms. The number of hydrogen-bond donors (Lipinski definition) is 2. The van der Waals surface area contributed by atoms with Crippen molar-refractivity contribution >= 4 is 11.8 Å². The normalized spacial score (nSPS) is 32.7. The summed E-state index contributed by atoms with van der Waals surface area (Å²) in [7, 11) is 0. The molecule has 0 aromatic rings. The van der Waals surface area contributed by atoms with Crippen molar-refractivity contribution in [2.24, 2.45) is 5.92 Å². The van der Waals surface area contributed by atoms with Crippen LogP contribution in [0.4, 0.5) is 0 Å². The van der Waals surface area contributed by atoms with Gasteiger partial charge in [0.05, 0.1) is 11.7 Å².